The van der Waals surface area contributed by atoms with Gasteiger partial charge in [-0.05, 0) is 43.9 Å². The number of hydrogen-bond acceptors (Lipinski definition) is 2. The van der Waals surface area contributed by atoms with Gasteiger partial charge in [0.2, 0.25) is 0 Å². The molecule has 0 atom stereocenters. The fraction of sp³-hybridized carbons (Fsp3) is 0.647. The van der Waals surface area contributed by atoms with Gasteiger partial charge in [-0.2, -0.15) is 0 Å². The Labute approximate surface area is 118 Å². The normalized spacial score (nSPS) is 16.7. The van der Waals surface area contributed by atoms with Gasteiger partial charge in [0.15, 0.2) is 0 Å². The first-order chi connectivity index (χ1) is 8.84. The maximum absolute atomic E-state index is 3.32. The standard InChI is InChI=1S/C17H28N2/c1-16(2,13-18-5)12-17(3,4)19-10-14-8-6-7-9-15(14)11-19/h6-9,18H,10-13H2,1-5H3. The van der Waals surface area contributed by atoms with Gasteiger partial charge in [-0.25, -0.2) is 0 Å². The van der Waals surface area contributed by atoms with Crippen molar-refractivity contribution in [3.63, 3.8) is 0 Å². The van der Waals surface area contributed by atoms with Crippen molar-refractivity contribution < 1.29 is 0 Å². The van der Waals surface area contributed by atoms with Crippen LogP contribution in [0, 0.1) is 5.41 Å². The second-order valence-corrected chi connectivity index (χ2v) is 7.31. The summed E-state index contributed by atoms with van der Waals surface area (Å²) in [6, 6.07) is 8.84. The minimum atomic E-state index is 0.235. The summed E-state index contributed by atoms with van der Waals surface area (Å²) in [5, 5.41) is 3.32. The second-order valence-electron chi connectivity index (χ2n) is 7.31. The molecule has 0 bridgehead atoms. The highest BCUT2D eigenvalue weighted by Crippen LogP contribution is 2.36. The van der Waals surface area contributed by atoms with E-state index in [1.165, 1.54) is 17.5 Å². The molecule has 1 aliphatic rings. The zero-order chi connectivity index (χ0) is 14.1. The lowest BCUT2D eigenvalue weighted by atomic mass is 9.79. The largest absolute Gasteiger partial charge is 0.319 e. The van der Waals surface area contributed by atoms with Crippen LogP contribution in [-0.4, -0.2) is 24.0 Å². The van der Waals surface area contributed by atoms with Crippen molar-refractivity contribution in [1.29, 1.82) is 0 Å². The summed E-state index contributed by atoms with van der Waals surface area (Å²) < 4.78 is 0. The van der Waals surface area contributed by atoms with Gasteiger partial charge >= 0.3 is 0 Å². The van der Waals surface area contributed by atoms with Crippen LogP contribution in [0.25, 0.3) is 0 Å². The van der Waals surface area contributed by atoms with Gasteiger partial charge in [0.05, 0.1) is 0 Å². The van der Waals surface area contributed by atoms with Crippen LogP contribution in [0.1, 0.15) is 45.2 Å². The zero-order valence-electron chi connectivity index (χ0n) is 13.1. The van der Waals surface area contributed by atoms with Crippen LogP contribution in [-0.2, 0) is 13.1 Å². The topological polar surface area (TPSA) is 15.3 Å². The lowest BCUT2D eigenvalue weighted by Crippen LogP contribution is -2.45. The Morgan fingerprint density at radius 3 is 2.05 bits per heavy atom. The average molecular weight is 260 g/mol. The van der Waals surface area contributed by atoms with E-state index in [-0.39, 0.29) is 5.54 Å². The number of benzene rings is 1. The lowest BCUT2D eigenvalue weighted by Gasteiger charge is -2.41. The van der Waals surface area contributed by atoms with Crippen LogP contribution in [0.5, 0.6) is 0 Å². The van der Waals surface area contributed by atoms with Crippen molar-refractivity contribution in [2.45, 2.75) is 52.7 Å². The van der Waals surface area contributed by atoms with E-state index in [0.29, 0.717) is 5.41 Å². The maximum Gasteiger partial charge on any atom is 0.0245 e. The van der Waals surface area contributed by atoms with Crippen molar-refractivity contribution in [3.8, 4) is 0 Å². The molecule has 0 unspecified atom stereocenters. The Hall–Kier alpha value is -0.860. The van der Waals surface area contributed by atoms with Crippen molar-refractivity contribution in [1.82, 2.24) is 10.2 Å². The summed E-state index contributed by atoms with van der Waals surface area (Å²) >= 11 is 0. The minimum Gasteiger partial charge on any atom is -0.319 e. The zero-order valence-corrected chi connectivity index (χ0v) is 13.1. The monoisotopic (exact) mass is 260 g/mol. The van der Waals surface area contributed by atoms with E-state index in [9.17, 15) is 0 Å². The van der Waals surface area contributed by atoms with Gasteiger partial charge in [0, 0.05) is 25.2 Å². The van der Waals surface area contributed by atoms with Gasteiger partial charge in [-0.15, -0.1) is 0 Å². The highest BCUT2D eigenvalue weighted by atomic mass is 15.2. The van der Waals surface area contributed by atoms with E-state index in [0.717, 1.165) is 19.6 Å². The molecule has 0 saturated carbocycles. The predicted octanol–water partition coefficient (Wildman–Crippen LogP) is 3.42. The van der Waals surface area contributed by atoms with Gasteiger partial charge in [-0.1, -0.05) is 38.1 Å². The van der Waals surface area contributed by atoms with Crippen molar-refractivity contribution in [2.75, 3.05) is 13.6 Å². The summed E-state index contributed by atoms with van der Waals surface area (Å²) in [4.78, 5) is 2.62. The lowest BCUT2D eigenvalue weighted by molar-refractivity contribution is 0.0692. The number of nitrogens with zero attached hydrogens (tertiary/aromatic N) is 1. The molecule has 0 aliphatic carbocycles. The Bertz CT molecular complexity index is 410. The molecule has 2 nitrogen and oxygen atoms in total. The molecule has 1 aromatic rings. The molecule has 2 rings (SSSR count). The number of nitrogens with one attached hydrogen (secondary N) is 1. The van der Waals surface area contributed by atoms with Crippen LogP contribution in [0.4, 0.5) is 0 Å². The molecule has 0 saturated heterocycles. The summed E-state index contributed by atoms with van der Waals surface area (Å²) in [6.07, 6.45) is 1.20. The Morgan fingerprint density at radius 1 is 1.05 bits per heavy atom. The van der Waals surface area contributed by atoms with Gasteiger partial charge in [-0.3, -0.25) is 4.90 Å². The second kappa shape index (κ2) is 5.26. The summed E-state index contributed by atoms with van der Waals surface area (Å²) in [5.41, 5.74) is 3.57. The quantitative estimate of drug-likeness (QED) is 0.872. The van der Waals surface area contributed by atoms with Crippen LogP contribution in [0.15, 0.2) is 24.3 Å². The Kier molecular flexibility index (Phi) is 4.03. The van der Waals surface area contributed by atoms with Gasteiger partial charge in [0.25, 0.3) is 0 Å². The molecule has 0 spiro atoms. The molecule has 1 aromatic carbocycles. The fourth-order valence-electron chi connectivity index (χ4n) is 3.59. The third kappa shape index (κ3) is 3.37. The average Bonchev–Trinajstić information content (AvgIpc) is 2.71. The van der Waals surface area contributed by atoms with E-state index < -0.39 is 0 Å². The van der Waals surface area contributed by atoms with Gasteiger partial charge < -0.3 is 5.32 Å². The molecule has 19 heavy (non-hydrogen) atoms. The molecular weight excluding hydrogens is 232 g/mol. The van der Waals surface area contributed by atoms with Crippen LogP contribution < -0.4 is 5.32 Å². The molecule has 1 heterocycles. The summed E-state index contributed by atoms with van der Waals surface area (Å²) in [7, 11) is 2.04. The molecule has 0 fully saturated rings. The maximum atomic E-state index is 3.32. The van der Waals surface area contributed by atoms with Gasteiger partial charge in [0.1, 0.15) is 0 Å². The fourth-order valence-corrected chi connectivity index (χ4v) is 3.59. The van der Waals surface area contributed by atoms with Crippen LogP contribution in [0.2, 0.25) is 0 Å². The van der Waals surface area contributed by atoms with E-state index >= 15 is 0 Å². The number of fused-ring (bicyclic) bond motifs is 1. The third-order valence-electron chi connectivity index (χ3n) is 4.26. The van der Waals surface area contributed by atoms with Crippen molar-refractivity contribution in [3.05, 3.63) is 35.4 Å². The Balaban J connectivity index is 2.06. The highest BCUT2D eigenvalue weighted by molar-refractivity contribution is 5.30. The molecule has 1 aliphatic heterocycles. The van der Waals surface area contributed by atoms with E-state index in [2.05, 4.69) is 62.2 Å². The first-order valence-electron chi connectivity index (χ1n) is 7.30. The van der Waals surface area contributed by atoms with Crippen LogP contribution in [0.3, 0.4) is 0 Å². The first kappa shape index (κ1) is 14.5. The van der Waals surface area contributed by atoms with Crippen molar-refractivity contribution in [2.24, 2.45) is 5.41 Å². The molecule has 0 aromatic heterocycles. The molecule has 106 valence electrons. The molecule has 1 N–H and O–H groups in total. The summed E-state index contributed by atoms with van der Waals surface area (Å²) in [5.74, 6) is 0. The number of rotatable bonds is 5. The van der Waals surface area contributed by atoms with Crippen molar-refractivity contribution >= 4 is 0 Å². The van der Waals surface area contributed by atoms with Crippen LogP contribution >= 0.6 is 0 Å². The minimum absolute atomic E-state index is 0.235. The summed E-state index contributed by atoms with van der Waals surface area (Å²) in [6.45, 7) is 12.7. The third-order valence-corrected chi connectivity index (χ3v) is 4.26. The Morgan fingerprint density at radius 2 is 1.58 bits per heavy atom. The molecule has 0 amide bonds. The highest BCUT2D eigenvalue weighted by Gasteiger charge is 2.36. The molecular formula is C17H28N2. The smallest absolute Gasteiger partial charge is 0.0245 e. The SMILES string of the molecule is CNCC(C)(C)CC(C)(C)N1Cc2ccccc2C1. The predicted molar refractivity (Wildman–Crippen MR) is 82.1 cm³/mol. The number of hydrogen-bond donors (Lipinski definition) is 1. The molecule has 2 heteroatoms. The van der Waals surface area contributed by atoms with E-state index in [1.54, 1.807) is 0 Å². The molecule has 0 radical (unpaired) electrons. The van der Waals surface area contributed by atoms with E-state index in [1.807, 2.05) is 7.05 Å². The first-order valence-corrected chi connectivity index (χ1v) is 7.30. The van der Waals surface area contributed by atoms with E-state index in [4.69, 9.17) is 0 Å².